The Kier molecular flexibility index (Phi) is 3.26. The summed E-state index contributed by atoms with van der Waals surface area (Å²) in [6, 6.07) is 1.30. The molecule has 0 spiro atoms. The fourth-order valence-electron chi connectivity index (χ4n) is 2.58. The van der Waals surface area contributed by atoms with E-state index in [4.69, 9.17) is 9.47 Å². The topological polar surface area (TPSA) is 73.7 Å². The van der Waals surface area contributed by atoms with Crippen molar-refractivity contribution in [1.29, 1.82) is 0 Å². The highest BCUT2D eigenvalue weighted by Gasteiger charge is 2.46. The van der Waals surface area contributed by atoms with E-state index in [0.717, 1.165) is 0 Å². The molecule has 0 saturated carbocycles. The minimum absolute atomic E-state index is 0.0888. The number of carbonyl (C=O) groups excluding carboxylic acids is 2. The number of nitrogens with zero attached hydrogens (tertiary/aromatic N) is 3. The van der Waals surface area contributed by atoms with Crippen LogP contribution in [0.4, 0.5) is 18.0 Å². The van der Waals surface area contributed by atoms with Gasteiger partial charge in [0.1, 0.15) is 12.2 Å². The van der Waals surface area contributed by atoms with Gasteiger partial charge in [0.25, 0.3) is 5.91 Å². The maximum atomic E-state index is 12.5. The van der Waals surface area contributed by atoms with Crippen LogP contribution in [0, 0.1) is 6.92 Å². The number of fused-ring (bicyclic) bond motifs is 1. The van der Waals surface area contributed by atoms with Crippen molar-refractivity contribution in [3.8, 4) is 0 Å². The second kappa shape index (κ2) is 4.89. The summed E-state index contributed by atoms with van der Waals surface area (Å²) in [5.41, 5.74) is 0.163. The molecule has 0 aliphatic carbocycles. The minimum Gasteiger partial charge on any atom is -0.425 e. The maximum Gasteiger partial charge on any atom is 0.509 e. The molecule has 3 rings (SSSR count). The number of amides is 1. The molecule has 1 aromatic rings. The van der Waals surface area contributed by atoms with Gasteiger partial charge in [-0.3, -0.25) is 9.48 Å². The highest BCUT2D eigenvalue weighted by atomic mass is 19.4. The summed E-state index contributed by atoms with van der Waals surface area (Å²) < 4.78 is 48.0. The SMILES string of the molecule is Cc1cc(C(=O)N2C[C@@H]3OC(=O)O[C@@H]3C2)n(CC(F)(F)F)n1. The number of likely N-dealkylation sites (tertiary alicyclic amines) is 1. The molecule has 2 aliphatic rings. The molecule has 3 heterocycles. The average molecular weight is 319 g/mol. The molecule has 10 heteroatoms. The summed E-state index contributed by atoms with van der Waals surface area (Å²) in [6.07, 6.45) is -6.42. The molecule has 2 saturated heterocycles. The predicted molar refractivity (Wildman–Crippen MR) is 64.1 cm³/mol. The monoisotopic (exact) mass is 319 g/mol. The lowest BCUT2D eigenvalue weighted by molar-refractivity contribution is -0.142. The summed E-state index contributed by atoms with van der Waals surface area (Å²) in [4.78, 5) is 24.6. The highest BCUT2D eigenvalue weighted by Crippen LogP contribution is 2.26. The summed E-state index contributed by atoms with van der Waals surface area (Å²) >= 11 is 0. The van der Waals surface area contributed by atoms with Crippen LogP contribution < -0.4 is 0 Å². The van der Waals surface area contributed by atoms with E-state index in [9.17, 15) is 22.8 Å². The van der Waals surface area contributed by atoms with Crippen LogP contribution in [-0.2, 0) is 16.0 Å². The van der Waals surface area contributed by atoms with Crippen molar-refractivity contribution in [2.75, 3.05) is 13.1 Å². The Morgan fingerprint density at radius 1 is 1.36 bits per heavy atom. The zero-order chi connectivity index (χ0) is 16.1. The molecule has 22 heavy (non-hydrogen) atoms. The van der Waals surface area contributed by atoms with Gasteiger partial charge >= 0.3 is 12.3 Å². The lowest BCUT2D eigenvalue weighted by Gasteiger charge is -2.17. The second-order valence-electron chi connectivity index (χ2n) is 5.22. The zero-order valence-corrected chi connectivity index (χ0v) is 11.5. The van der Waals surface area contributed by atoms with E-state index < -0.39 is 37.0 Å². The molecular weight excluding hydrogens is 307 g/mol. The van der Waals surface area contributed by atoms with Crippen molar-refractivity contribution in [3.05, 3.63) is 17.5 Å². The number of carbonyl (C=O) groups is 2. The van der Waals surface area contributed by atoms with Crippen LogP contribution in [0.15, 0.2) is 6.07 Å². The second-order valence-corrected chi connectivity index (χ2v) is 5.22. The Morgan fingerprint density at radius 3 is 2.50 bits per heavy atom. The van der Waals surface area contributed by atoms with Crippen molar-refractivity contribution >= 4 is 12.1 Å². The quantitative estimate of drug-likeness (QED) is 0.764. The number of rotatable bonds is 2. The predicted octanol–water partition coefficient (Wildman–Crippen LogP) is 1.11. The number of aryl methyl sites for hydroxylation is 1. The third-order valence-electron chi connectivity index (χ3n) is 3.45. The Morgan fingerprint density at radius 2 is 1.95 bits per heavy atom. The van der Waals surface area contributed by atoms with E-state index in [0.29, 0.717) is 10.4 Å². The third kappa shape index (κ3) is 2.72. The molecule has 7 nitrogen and oxygen atoms in total. The number of halogens is 3. The Labute approximate surface area is 122 Å². The van der Waals surface area contributed by atoms with Crippen molar-refractivity contribution in [3.63, 3.8) is 0 Å². The lowest BCUT2D eigenvalue weighted by Crippen LogP contribution is -2.34. The largest absolute Gasteiger partial charge is 0.509 e. The molecular formula is C12H12F3N3O4. The molecule has 0 aromatic carbocycles. The first-order valence-corrected chi connectivity index (χ1v) is 6.51. The molecule has 2 atom stereocenters. The molecule has 120 valence electrons. The van der Waals surface area contributed by atoms with E-state index in [2.05, 4.69) is 5.10 Å². The Hall–Kier alpha value is -2.26. The van der Waals surface area contributed by atoms with Crippen LogP contribution in [0.3, 0.4) is 0 Å². The maximum absolute atomic E-state index is 12.5. The van der Waals surface area contributed by atoms with Gasteiger partial charge in [-0.15, -0.1) is 0 Å². The van der Waals surface area contributed by atoms with Gasteiger partial charge in [-0.05, 0) is 13.0 Å². The number of ether oxygens (including phenoxy) is 2. The minimum atomic E-state index is -4.48. The van der Waals surface area contributed by atoms with Crippen molar-refractivity contribution in [2.24, 2.45) is 0 Å². The molecule has 0 N–H and O–H groups in total. The van der Waals surface area contributed by atoms with Crippen LogP contribution in [0.2, 0.25) is 0 Å². The van der Waals surface area contributed by atoms with Crippen LogP contribution in [0.1, 0.15) is 16.2 Å². The lowest BCUT2D eigenvalue weighted by atomic mass is 10.3. The summed E-state index contributed by atoms with van der Waals surface area (Å²) in [7, 11) is 0. The molecule has 0 radical (unpaired) electrons. The molecule has 2 fully saturated rings. The third-order valence-corrected chi connectivity index (χ3v) is 3.45. The van der Waals surface area contributed by atoms with Crippen molar-refractivity contribution in [2.45, 2.75) is 31.9 Å². The van der Waals surface area contributed by atoms with Crippen molar-refractivity contribution < 1.29 is 32.2 Å². The van der Waals surface area contributed by atoms with Gasteiger partial charge in [-0.25, -0.2) is 4.79 Å². The van der Waals surface area contributed by atoms with Crippen LogP contribution in [0.25, 0.3) is 0 Å². The summed E-state index contributed by atoms with van der Waals surface area (Å²) in [6.45, 7) is 0.346. The zero-order valence-electron chi connectivity index (χ0n) is 11.5. The Balaban J connectivity index is 1.77. The fourth-order valence-corrected chi connectivity index (χ4v) is 2.58. The molecule has 0 bridgehead atoms. The fraction of sp³-hybridized carbons (Fsp3) is 0.583. The number of hydrogen-bond acceptors (Lipinski definition) is 5. The molecule has 1 aromatic heterocycles. The van der Waals surface area contributed by atoms with Gasteiger partial charge in [-0.1, -0.05) is 0 Å². The van der Waals surface area contributed by atoms with E-state index in [1.54, 1.807) is 0 Å². The van der Waals surface area contributed by atoms with E-state index in [-0.39, 0.29) is 18.8 Å². The molecule has 2 aliphatic heterocycles. The highest BCUT2D eigenvalue weighted by molar-refractivity contribution is 5.93. The molecule has 1 amide bonds. The first-order valence-electron chi connectivity index (χ1n) is 6.51. The van der Waals surface area contributed by atoms with Crippen LogP contribution in [-0.4, -0.2) is 58.2 Å². The first-order chi connectivity index (χ1) is 10.2. The number of aromatic nitrogens is 2. The van der Waals surface area contributed by atoms with E-state index in [1.807, 2.05) is 0 Å². The molecule has 0 unspecified atom stereocenters. The first kappa shape index (κ1) is 14.7. The van der Waals surface area contributed by atoms with E-state index >= 15 is 0 Å². The Bertz CT molecular complexity index is 612. The van der Waals surface area contributed by atoms with Gasteiger partial charge < -0.3 is 14.4 Å². The summed E-state index contributed by atoms with van der Waals surface area (Å²) in [5.74, 6) is -0.598. The van der Waals surface area contributed by atoms with Crippen molar-refractivity contribution in [1.82, 2.24) is 14.7 Å². The van der Waals surface area contributed by atoms with Gasteiger partial charge in [-0.2, -0.15) is 18.3 Å². The average Bonchev–Trinajstić information content (AvgIpc) is 2.99. The summed E-state index contributed by atoms with van der Waals surface area (Å²) in [5, 5.41) is 3.71. The van der Waals surface area contributed by atoms with Gasteiger partial charge in [0.05, 0.1) is 18.8 Å². The van der Waals surface area contributed by atoms with Gasteiger partial charge in [0.15, 0.2) is 12.2 Å². The number of alkyl halides is 3. The van der Waals surface area contributed by atoms with Gasteiger partial charge in [0.2, 0.25) is 0 Å². The standard InChI is InChI=1S/C12H12F3N3O4/c1-6-2-7(18(16-6)5-12(13,14)15)10(19)17-3-8-9(4-17)22-11(20)21-8/h2,8-9H,3-5H2,1H3/t8-,9+. The van der Waals surface area contributed by atoms with Gasteiger partial charge in [0, 0.05) is 0 Å². The van der Waals surface area contributed by atoms with Crippen LogP contribution >= 0.6 is 0 Å². The number of hydrogen-bond donors (Lipinski definition) is 0. The van der Waals surface area contributed by atoms with Crippen LogP contribution in [0.5, 0.6) is 0 Å². The smallest absolute Gasteiger partial charge is 0.425 e. The normalized spacial score (nSPS) is 24.2. The van der Waals surface area contributed by atoms with E-state index in [1.165, 1.54) is 17.9 Å².